The van der Waals surface area contributed by atoms with Crippen LogP contribution in [0.25, 0.3) is 66.4 Å². The number of hydrogen-bond acceptors (Lipinski definition) is 1. The smallest absolute Gasteiger partial charge is 0.0725 e. The van der Waals surface area contributed by atoms with E-state index in [1.165, 1.54) is 12.1 Å². The van der Waals surface area contributed by atoms with E-state index >= 15 is 0 Å². The summed E-state index contributed by atoms with van der Waals surface area (Å²) in [6.45, 7) is 0. The molecule has 0 aliphatic heterocycles. The first-order valence-corrected chi connectivity index (χ1v) is 23.7. The normalized spacial score (nSPS) is 17.9. The highest BCUT2D eigenvalue weighted by Crippen LogP contribution is 2.64. The fraction of sp³-hybridized carbons (Fsp3) is 0.0278. The molecule has 15 rings (SSSR count). The molecule has 0 saturated heterocycles. The minimum atomic E-state index is -3.18. The summed E-state index contributed by atoms with van der Waals surface area (Å²) in [6.07, 6.45) is 0. The first-order chi connectivity index (χ1) is 45.4. The zero-order valence-electron chi connectivity index (χ0n) is 60.4. The van der Waals surface area contributed by atoms with Crippen molar-refractivity contribution < 1.29 is 30.2 Å². The standard InChI is InChI=1S/C72H47N/c1-4-22-51(23-5-1)71(52-24-6-2-7-25-52)65-36-19-15-32-61(65)70-66(71)37-20-38-68(70)73(53-26-8-3-9-27-53)54-43-39-49(40-44-54)56-45-41-48-21-10-11-28-55(48)69(56)50-42-46-60-59-31-14-18-35-64(59)72(67(60)47-50)62-33-16-12-29-57(62)58-30-13-17-34-63(58)72/h1-47H/i1D,2D,3D,4D,5D,6D,7D,8D,9D,15D,19D,20D,22D,23D,24D,25D,26D,27D,32D,36D,37D,38D. The molecule has 0 bridgehead atoms. The van der Waals surface area contributed by atoms with Gasteiger partial charge in [0.2, 0.25) is 0 Å². The summed E-state index contributed by atoms with van der Waals surface area (Å²) < 4.78 is 206. The molecule has 3 aliphatic carbocycles. The van der Waals surface area contributed by atoms with Gasteiger partial charge in [0, 0.05) is 16.9 Å². The Morgan fingerprint density at radius 2 is 0.822 bits per heavy atom. The molecular formula is C72H47N. The van der Waals surface area contributed by atoms with Crippen LogP contribution in [0, 0.1) is 0 Å². The number of fused-ring (bicyclic) bond motifs is 14. The minimum absolute atomic E-state index is 0.0937. The van der Waals surface area contributed by atoms with Gasteiger partial charge in [-0.1, -0.05) is 248 Å². The summed E-state index contributed by atoms with van der Waals surface area (Å²) in [5, 5.41) is 1.82. The molecule has 1 heteroatoms. The number of para-hydroxylation sites is 1. The third kappa shape index (κ3) is 5.79. The molecule has 0 atom stereocenters. The van der Waals surface area contributed by atoms with Crippen LogP contribution in [-0.4, -0.2) is 0 Å². The molecule has 3 aliphatic rings. The van der Waals surface area contributed by atoms with Crippen molar-refractivity contribution in [2.45, 2.75) is 10.8 Å². The lowest BCUT2D eigenvalue weighted by Crippen LogP contribution is -2.28. The molecule has 0 amide bonds. The van der Waals surface area contributed by atoms with Crippen molar-refractivity contribution in [1.29, 1.82) is 0 Å². The first kappa shape index (κ1) is 25.2. The molecule has 12 aromatic carbocycles. The van der Waals surface area contributed by atoms with Gasteiger partial charge in [0.15, 0.2) is 0 Å². The Balaban J connectivity index is 1.04. The van der Waals surface area contributed by atoms with E-state index in [-0.39, 0.29) is 5.69 Å². The van der Waals surface area contributed by atoms with Crippen LogP contribution in [0.5, 0.6) is 0 Å². The van der Waals surface area contributed by atoms with Crippen LogP contribution in [-0.2, 0) is 10.8 Å². The van der Waals surface area contributed by atoms with Crippen molar-refractivity contribution >= 4 is 27.8 Å². The number of nitrogens with zero attached hydrogens (tertiary/aromatic N) is 1. The summed E-state index contributed by atoms with van der Waals surface area (Å²) in [6, 6.07) is 28.6. The average Bonchev–Trinajstić information content (AvgIpc) is 1.53. The molecule has 0 saturated carbocycles. The summed E-state index contributed by atoms with van der Waals surface area (Å²) in [7, 11) is 0. The van der Waals surface area contributed by atoms with Crippen LogP contribution in [0.1, 0.15) is 74.7 Å². The van der Waals surface area contributed by atoms with E-state index < -0.39 is 189 Å². The third-order valence-electron chi connectivity index (χ3n) is 14.9. The topological polar surface area (TPSA) is 3.24 Å². The van der Waals surface area contributed by atoms with Crippen LogP contribution >= 0.6 is 0 Å². The van der Waals surface area contributed by atoms with Crippen molar-refractivity contribution in [1.82, 2.24) is 0 Å². The summed E-state index contributed by atoms with van der Waals surface area (Å²) in [5.74, 6) is 0. The maximum Gasteiger partial charge on any atom is 0.0725 e. The Morgan fingerprint density at radius 3 is 1.48 bits per heavy atom. The van der Waals surface area contributed by atoms with Gasteiger partial charge >= 0.3 is 0 Å². The quantitative estimate of drug-likeness (QED) is 0.154. The Kier molecular flexibility index (Phi) is 5.56. The largest absolute Gasteiger partial charge is 0.310 e. The van der Waals surface area contributed by atoms with Crippen molar-refractivity contribution in [3.8, 4) is 55.6 Å². The number of hydrogen-bond donors (Lipinski definition) is 0. The third-order valence-corrected chi connectivity index (χ3v) is 14.9. The van der Waals surface area contributed by atoms with Gasteiger partial charge in [0.1, 0.15) is 0 Å². The highest BCUT2D eigenvalue weighted by Gasteiger charge is 2.52. The minimum Gasteiger partial charge on any atom is -0.310 e. The summed E-state index contributed by atoms with van der Waals surface area (Å²) in [5.41, 5.74) is 1.85. The van der Waals surface area contributed by atoms with Gasteiger partial charge in [-0.15, -0.1) is 0 Å². The molecule has 0 aromatic heterocycles. The van der Waals surface area contributed by atoms with Gasteiger partial charge in [0.25, 0.3) is 0 Å². The lowest BCUT2D eigenvalue weighted by Gasteiger charge is -2.34. The Morgan fingerprint density at radius 1 is 0.301 bits per heavy atom. The zero-order valence-corrected chi connectivity index (χ0v) is 38.4. The Labute approximate surface area is 457 Å². The van der Waals surface area contributed by atoms with E-state index in [9.17, 15) is 17.8 Å². The van der Waals surface area contributed by atoms with E-state index in [1.807, 2.05) is 42.5 Å². The van der Waals surface area contributed by atoms with Crippen LogP contribution in [0.15, 0.2) is 285 Å². The van der Waals surface area contributed by atoms with Gasteiger partial charge < -0.3 is 4.90 Å². The SMILES string of the molecule is [2H]c1c([2H])c([2H])c(N(c2ccc(-c3ccc4ccccc4c3-c3ccc4c(c3)C3(c5ccccc5-c5ccccc53)c3ccccc3-4)cc2)c2c([2H])c([2H])c([2H])c3c2-c2c([2H])c([2H])c([2H])c([2H])c2C3(c2c([2H])c([2H])c([2H])c([2H])c2[2H])c2c([2H])c([2H])c([2H])c([2H])c2[2H])c([2H])c1[2H]. The van der Waals surface area contributed by atoms with Crippen LogP contribution in [0.4, 0.5) is 17.1 Å². The van der Waals surface area contributed by atoms with Crippen LogP contribution < -0.4 is 4.90 Å². The molecular weight excluding hydrogens is 879 g/mol. The molecule has 0 radical (unpaired) electrons. The van der Waals surface area contributed by atoms with E-state index in [2.05, 4.69) is 84.9 Å². The van der Waals surface area contributed by atoms with E-state index in [0.29, 0.717) is 5.56 Å². The predicted octanol–water partition coefficient (Wildman–Crippen LogP) is 18.4. The molecule has 1 nitrogen and oxygen atoms in total. The molecule has 73 heavy (non-hydrogen) atoms. The number of rotatable bonds is 7. The molecule has 0 unspecified atom stereocenters. The monoisotopic (exact) mass is 948 g/mol. The van der Waals surface area contributed by atoms with Gasteiger partial charge in [-0.25, -0.2) is 0 Å². The van der Waals surface area contributed by atoms with Crippen molar-refractivity contribution in [2.75, 3.05) is 4.90 Å². The molecule has 0 N–H and O–H groups in total. The van der Waals surface area contributed by atoms with E-state index in [4.69, 9.17) is 12.3 Å². The fourth-order valence-corrected chi connectivity index (χ4v) is 12.1. The second-order valence-corrected chi connectivity index (χ2v) is 18.2. The van der Waals surface area contributed by atoms with Gasteiger partial charge in [-0.2, -0.15) is 0 Å². The molecule has 0 heterocycles. The van der Waals surface area contributed by atoms with Crippen LogP contribution in [0.2, 0.25) is 0 Å². The van der Waals surface area contributed by atoms with Crippen LogP contribution in [0.3, 0.4) is 0 Å². The number of benzene rings is 12. The van der Waals surface area contributed by atoms with Crippen molar-refractivity contribution in [3.63, 3.8) is 0 Å². The Hall–Kier alpha value is -9.30. The predicted molar refractivity (Wildman–Crippen MR) is 303 cm³/mol. The highest BCUT2D eigenvalue weighted by atomic mass is 15.1. The van der Waals surface area contributed by atoms with Gasteiger partial charge in [-0.05, 0) is 142 Å². The number of anilines is 3. The molecule has 1 spiro atoms. The lowest BCUT2D eigenvalue weighted by atomic mass is 9.68. The van der Waals surface area contributed by atoms with Crippen molar-refractivity contribution in [3.05, 3.63) is 329 Å². The van der Waals surface area contributed by atoms with E-state index in [0.717, 1.165) is 76.9 Å². The highest BCUT2D eigenvalue weighted by molar-refractivity contribution is 6.06. The van der Waals surface area contributed by atoms with Gasteiger partial charge in [0.05, 0.1) is 46.7 Å². The fourth-order valence-electron chi connectivity index (χ4n) is 12.1. The van der Waals surface area contributed by atoms with Gasteiger partial charge in [-0.3, -0.25) is 0 Å². The van der Waals surface area contributed by atoms with E-state index in [1.54, 1.807) is 12.1 Å². The molecule has 12 aromatic rings. The maximum atomic E-state index is 10.1. The molecule has 0 fully saturated rings. The second kappa shape index (κ2) is 16.1. The Bertz CT molecular complexity index is 5270. The summed E-state index contributed by atoms with van der Waals surface area (Å²) in [4.78, 5) is 1.02. The summed E-state index contributed by atoms with van der Waals surface area (Å²) >= 11 is 0. The first-order valence-electron chi connectivity index (χ1n) is 34.7. The van der Waals surface area contributed by atoms with Crippen molar-refractivity contribution in [2.24, 2.45) is 0 Å². The maximum absolute atomic E-state index is 10.1. The second-order valence-electron chi connectivity index (χ2n) is 18.2. The lowest BCUT2D eigenvalue weighted by molar-refractivity contribution is 0.768. The average molecular weight is 948 g/mol. The zero-order chi connectivity index (χ0) is 67.2. The molecule has 340 valence electrons.